The molecule has 1 aromatic heterocycles. The van der Waals surface area contributed by atoms with Gasteiger partial charge in [0.1, 0.15) is 10.7 Å². The minimum Gasteiger partial charge on any atom is -0.335 e. The molecule has 2 aliphatic rings. The van der Waals surface area contributed by atoms with Crippen LogP contribution in [0.5, 0.6) is 0 Å². The van der Waals surface area contributed by atoms with E-state index in [-0.39, 0.29) is 11.7 Å². The van der Waals surface area contributed by atoms with Crippen molar-refractivity contribution in [3.05, 3.63) is 33.9 Å². The number of hydrogen-bond acceptors (Lipinski definition) is 3. The number of thiophene rings is 1. The summed E-state index contributed by atoms with van der Waals surface area (Å²) in [6, 6.07) is 5.19. The number of halogens is 2. The van der Waals surface area contributed by atoms with Crippen LogP contribution in [0.3, 0.4) is 0 Å². The topological polar surface area (TPSA) is 23.6 Å². The molecule has 0 spiro atoms. The van der Waals surface area contributed by atoms with E-state index in [9.17, 15) is 9.18 Å². The van der Waals surface area contributed by atoms with Gasteiger partial charge in [-0.2, -0.15) is 0 Å². The summed E-state index contributed by atoms with van der Waals surface area (Å²) in [7, 11) is 0. The van der Waals surface area contributed by atoms with E-state index >= 15 is 0 Å². The zero-order chi connectivity index (χ0) is 16.7. The first kappa shape index (κ1) is 16.3. The maximum Gasteiger partial charge on any atom is 0.265 e. The van der Waals surface area contributed by atoms with Crippen molar-refractivity contribution in [2.24, 2.45) is 0 Å². The van der Waals surface area contributed by atoms with E-state index in [0.29, 0.717) is 15.9 Å². The van der Waals surface area contributed by atoms with Gasteiger partial charge in [0.25, 0.3) is 5.91 Å². The van der Waals surface area contributed by atoms with Crippen LogP contribution in [0.15, 0.2) is 18.2 Å². The number of rotatable bonds is 2. The van der Waals surface area contributed by atoms with Gasteiger partial charge in [0.15, 0.2) is 0 Å². The Morgan fingerprint density at radius 1 is 1.17 bits per heavy atom. The Morgan fingerprint density at radius 2 is 1.88 bits per heavy atom. The first-order chi connectivity index (χ1) is 11.6. The summed E-state index contributed by atoms with van der Waals surface area (Å²) in [5, 5.41) is 1.22. The van der Waals surface area contributed by atoms with Crippen molar-refractivity contribution in [3.8, 4) is 0 Å². The summed E-state index contributed by atoms with van der Waals surface area (Å²) >= 11 is 7.68. The third-order valence-corrected chi connectivity index (χ3v) is 6.87. The van der Waals surface area contributed by atoms with Crippen molar-refractivity contribution in [3.63, 3.8) is 0 Å². The second kappa shape index (κ2) is 6.62. The minimum atomic E-state index is -0.301. The van der Waals surface area contributed by atoms with Crippen LogP contribution < -0.4 is 0 Å². The third-order valence-electron chi connectivity index (χ3n) is 5.23. The van der Waals surface area contributed by atoms with E-state index in [2.05, 4.69) is 4.90 Å². The summed E-state index contributed by atoms with van der Waals surface area (Å²) < 4.78 is 14.1. The van der Waals surface area contributed by atoms with Gasteiger partial charge in [-0.1, -0.05) is 24.4 Å². The molecule has 4 rings (SSSR count). The van der Waals surface area contributed by atoms with Gasteiger partial charge in [-0.25, -0.2) is 4.39 Å². The molecule has 0 bridgehead atoms. The number of fused-ring (bicyclic) bond motifs is 1. The van der Waals surface area contributed by atoms with Crippen molar-refractivity contribution in [2.45, 2.75) is 31.7 Å². The molecule has 1 amide bonds. The number of carbonyl (C=O) groups excluding carboxylic acids is 1. The monoisotopic (exact) mass is 366 g/mol. The molecule has 0 unspecified atom stereocenters. The molecule has 0 radical (unpaired) electrons. The van der Waals surface area contributed by atoms with Crippen LogP contribution in [0.2, 0.25) is 5.02 Å². The fourth-order valence-electron chi connectivity index (χ4n) is 3.88. The number of amides is 1. The van der Waals surface area contributed by atoms with Crippen LogP contribution in [0.1, 0.15) is 35.4 Å². The van der Waals surface area contributed by atoms with Crippen molar-refractivity contribution < 1.29 is 9.18 Å². The van der Waals surface area contributed by atoms with E-state index in [1.807, 2.05) is 4.90 Å². The van der Waals surface area contributed by atoms with E-state index < -0.39 is 0 Å². The lowest BCUT2D eigenvalue weighted by molar-refractivity contribution is 0.0578. The van der Waals surface area contributed by atoms with Crippen LogP contribution in [-0.4, -0.2) is 47.9 Å². The molecule has 0 atom stereocenters. The zero-order valence-corrected chi connectivity index (χ0v) is 15.0. The van der Waals surface area contributed by atoms with Gasteiger partial charge in [-0.3, -0.25) is 9.69 Å². The largest absolute Gasteiger partial charge is 0.335 e. The van der Waals surface area contributed by atoms with E-state index in [1.165, 1.54) is 49.2 Å². The maximum atomic E-state index is 13.4. The van der Waals surface area contributed by atoms with Gasteiger partial charge in [-0.15, -0.1) is 11.3 Å². The molecule has 24 heavy (non-hydrogen) atoms. The number of carbonyl (C=O) groups is 1. The quantitative estimate of drug-likeness (QED) is 0.786. The summed E-state index contributed by atoms with van der Waals surface area (Å²) in [4.78, 5) is 17.8. The lowest BCUT2D eigenvalue weighted by Crippen LogP contribution is -2.51. The molecular formula is C18H20ClFN2OS. The Kier molecular flexibility index (Phi) is 4.50. The van der Waals surface area contributed by atoms with Gasteiger partial charge >= 0.3 is 0 Å². The van der Waals surface area contributed by atoms with Crippen LogP contribution in [-0.2, 0) is 0 Å². The highest BCUT2D eigenvalue weighted by molar-refractivity contribution is 7.21. The summed E-state index contributed by atoms with van der Waals surface area (Å²) in [5.41, 5.74) is 0. The number of benzene rings is 1. The predicted octanol–water partition coefficient (Wildman–Crippen LogP) is 4.39. The van der Waals surface area contributed by atoms with Gasteiger partial charge in [0.2, 0.25) is 0 Å². The third kappa shape index (κ3) is 2.93. The highest BCUT2D eigenvalue weighted by Crippen LogP contribution is 2.36. The van der Waals surface area contributed by atoms with Crippen molar-refractivity contribution in [2.75, 3.05) is 26.2 Å². The summed E-state index contributed by atoms with van der Waals surface area (Å²) in [5.74, 6) is -0.322. The van der Waals surface area contributed by atoms with E-state index in [1.54, 1.807) is 6.07 Å². The van der Waals surface area contributed by atoms with Gasteiger partial charge in [-0.05, 0) is 31.0 Å². The van der Waals surface area contributed by atoms with Gasteiger partial charge in [0, 0.05) is 42.3 Å². The normalized spacial score (nSPS) is 20.2. The number of nitrogens with zero attached hydrogens (tertiary/aromatic N) is 2. The predicted molar refractivity (Wildman–Crippen MR) is 96.5 cm³/mol. The standard InChI is InChI=1S/C18H20ClFN2OS/c19-16-14-6-5-12(20)11-15(14)24-17(16)18(23)22-9-7-21(8-10-22)13-3-1-2-4-13/h5-6,11,13H,1-4,7-10H2. The van der Waals surface area contributed by atoms with Crippen LogP contribution in [0, 0.1) is 5.82 Å². The second-order valence-electron chi connectivity index (χ2n) is 6.65. The molecular weight excluding hydrogens is 347 g/mol. The van der Waals surface area contributed by atoms with E-state index in [4.69, 9.17) is 11.6 Å². The molecule has 0 N–H and O–H groups in total. The molecule has 3 nitrogen and oxygen atoms in total. The molecule has 2 fully saturated rings. The zero-order valence-electron chi connectivity index (χ0n) is 13.4. The van der Waals surface area contributed by atoms with Gasteiger partial charge in [0.05, 0.1) is 5.02 Å². The van der Waals surface area contributed by atoms with Crippen molar-refractivity contribution in [1.29, 1.82) is 0 Å². The summed E-state index contributed by atoms with van der Waals surface area (Å²) in [6.45, 7) is 3.36. The Hall–Kier alpha value is -1.17. The molecule has 2 heterocycles. The first-order valence-corrected chi connectivity index (χ1v) is 9.74. The average molecular weight is 367 g/mol. The average Bonchev–Trinajstić information content (AvgIpc) is 3.23. The lowest BCUT2D eigenvalue weighted by atomic mass is 10.1. The molecule has 128 valence electrons. The fraction of sp³-hybridized carbons (Fsp3) is 0.500. The van der Waals surface area contributed by atoms with Crippen molar-refractivity contribution in [1.82, 2.24) is 9.80 Å². The Morgan fingerprint density at radius 3 is 2.58 bits per heavy atom. The van der Waals surface area contributed by atoms with Crippen molar-refractivity contribution >= 4 is 38.9 Å². The van der Waals surface area contributed by atoms with Crippen LogP contribution >= 0.6 is 22.9 Å². The second-order valence-corrected chi connectivity index (χ2v) is 8.08. The Labute approximate surface area is 150 Å². The van der Waals surface area contributed by atoms with Crippen LogP contribution in [0.25, 0.3) is 10.1 Å². The van der Waals surface area contributed by atoms with Crippen LogP contribution in [0.4, 0.5) is 4.39 Å². The molecule has 6 heteroatoms. The maximum absolute atomic E-state index is 13.4. The fourth-order valence-corrected chi connectivity index (χ4v) is 5.38. The smallest absolute Gasteiger partial charge is 0.265 e. The Balaban J connectivity index is 1.49. The molecule has 1 aliphatic carbocycles. The Bertz CT molecular complexity index is 764. The molecule has 2 aromatic rings. The molecule has 1 aliphatic heterocycles. The number of hydrogen-bond donors (Lipinski definition) is 0. The van der Waals surface area contributed by atoms with Gasteiger partial charge < -0.3 is 4.90 Å². The minimum absolute atomic E-state index is 0.0207. The summed E-state index contributed by atoms with van der Waals surface area (Å²) in [6.07, 6.45) is 5.25. The highest BCUT2D eigenvalue weighted by Gasteiger charge is 2.29. The molecule has 1 saturated heterocycles. The first-order valence-electron chi connectivity index (χ1n) is 8.54. The van der Waals surface area contributed by atoms with E-state index in [0.717, 1.165) is 36.3 Å². The lowest BCUT2D eigenvalue weighted by Gasteiger charge is -2.37. The SMILES string of the molecule is O=C(c1sc2cc(F)ccc2c1Cl)N1CCN(C2CCCC2)CC1. The number of piperazine rings is 1. The highest BCUT2D eigenvalue weighted by atomic mass is 35.5. The molecule has 1 aromatic carbocycles. The molecule has 1 saturated carbocycles.